The van der Waals surface area contributed by atoms with Crippen molar-refractivity contribution in [1.82, 2.24) is 4.57 Å². The molecule has 0 radical (unpaired) electrons. The van der Waals surface area contributed by atoms with Crippen LogP contribution in [-0.2, 0) is 13.0 Å². The van der Waals surface area contributed by atoms with Gasteiger partial charge in [0.25, 0.3) is 0 Å². The van der Waals surface area contributed by atoms with Crippen LogP contribution in [0.1, 0.15) is 38.7 Å². The zero-order valence-corrected chi connectivity index (χ0v) is 13.1. The minimum absolute atomic E-state index is 0.201. The molecule has 1 aromatic heterocycles. The topological polar surface area (TPSA) is 54.7 Å². The summed E-state index contributed by atoms with van der Waals surface area (Å²) in [5.74, 6) is 0. The Morgan fingerprint density at radius 3 is 2.76 bits per heavy atom. The van der Waals surface area contributed by atoms with Gasteiger partial charge in [-0.25, -0.2) is 0 Å². The van der Waals surface area contributed by atoms with Crippen LogP contribution in [0.5, 0.6) is 0 Å². The predicted molar refractivity (Wildman–Crippen MR) is 87.9 cm³/mol. The number of aryl methyl sites for hydroxylation is 1. The van der Waals surface area contributed by atoms with E-state index in [1.165, 1.54) is 16.5 Å². The number of hydrogen-bond donors (Lipinski definition) is 1. The number of rotatable bonds is 7. The molecule has 0 saturated carbocycles. The first-order valence-corrected chi connectivity index (χ1v) is 7.75. The average molecular weight is 283 g/mol. The van der Waals surface area contributed by atoms with Crippen molar-refractivity contribution in [2.75, 3.05) is 6.54 Å². The third-order valence-corrected chi connectivity index (χ3v) is 4.02. The Morgan fingerprint density at radius 2 is 2.05 bits per heavy atom. The van der Waals surface area contributed by atoms with Gasteiger partial charge >= 0.3 is 0 Å². The third kappa shape index (κ3) is 4.09. The first-order chi connectivity index (χ1) is 10.1. The molecule has 3 heteroatoms. The molecule has 1 heterocycles. The van der Waals surface area contributed by atoms with E-state index in [1.54, 1.807) is 0 Å². The van der Waals surface area contributed by atoms with E-state index in [-0.39, 0.29) is 5.41 Å². The molecule has 0 aliphatic carbocycles. The smallest absolute Gasteiger partial charge is 0.0683 e. The molecule has 0 spiro atoms. The van der Waals surface area contributed by atoms with E-state index in [1.807, 2.05) is 13.8 Å². The molecule has 21 heavy (non-hydrogen) atoms. The Balaban J connectivity index is 1.99. The summed E-state index contributed by atoms with van der Waals surface area (Å²) in [6.07, 6.45) is 6.24. The summed E-state index contributed by atoms with van der Waals surface area (Å²) in [6.45, 7) is 5.72. The number of benzene rings is 1. The summed E-state index contributed by atoms with van der Waals surface area (Å²) in [7, 11) is 0. The molecule has 0 aliphatic heterocycles. The Morgan fingerprint density at radius 1 is 1.24 bits per heavy atom. The molecule has 1 aromatic carbocycles. The monoisotopic (exact) mass is 283 g/mol. The van der Waals surface area contributed by atoms with E-state index in [2.05, 4.69) is 41.1 Å². The van der Waals surface area contributed by atoms with Gasteiger partial charge in [0.15, 0.2) is 0 Å². The maximum atomic E-state index is 9.03. The Labute approximate surface area is 127 Å². The van der Waals surface area contributed by atoms with Crippen LogP contribution in [0.15, 0.2) is 30.5 Å². The summed E-state index contributed by atoms with van der Waals surface area (Å²) in [5.41, 5.74) is 8.03. The van der Waals surface area contributed by atoms with Crippen molar-refractivity contribution in [1.29, 1.82) is 5.26 Å². The fourth-order valence-electron chi connectivity index (χ4n) is 2.65. The van der Waals surface area contributed by atoms with Gasteiger partial charge in [0.05, 0.1) is 11.5 Å². The molecular weight excluding hydrogens is 258 g/mol. The van der Waals surface area contributed by atoms with Gasteiger partial charge in [-0.3, -0.25) is 0 Å². The molecule has 0 fully saturated rings. The van der Waals surface area contributed by atoms with Crippen molar-refractivity contribution < 1.29 is 0 Å². The molecule has 0 bridgehead atoms. The van der Waals surface area contributed by atoms with Crippen molar-refractivity contribution >= 4 is 10.9 Å². The second-order valence-electron chi connectivity index (χ2n) is 6.39. The molecule has 0 saturated heterocycles. The Kier molecular flexibility index (Phi) is 5.03. The SMILES string of the molecule is CC(C)(C#N)CCCCn1ccc2ccc(CCN)cc21. The highest BCUT2D eigenvalue weighted by Gasteiger charge is 2.15. The third-order valence-electron chi connectivity index (χ3n) is 4.02. The fourth-order valence-corrected chi connectivity index (χ4v) is 2.65. The fraction of sp³-hybridized carbons (Fsp3) is 0.500. The molecule has 2 rings (SSSR count). The molecule has 0 unspecified atom stereocenters. The predicted octanol–water partition coefficient (Wildman–Crippen LogP) is 3.86. The van der Waals surface area contributed by atoms with Crippen LogP contribution in [0.4, 0.5) is 0 Å². The maximum Gasteiger partial charge on any atom is 0.0683 e. The number of nitrogens with zero attached hydrogens (tertiary/aromatic N) is 2. The van der Waals surface area contributed by atoms with Gasteiger partial charge in [-0.1, -0.05) is 18.6 Å². The van der Waals surface area contributed by atoms with Crippen molar-refractivity contribution in [3.63, 3.8) is 0 Å². The number of nitrogens with two attached hydrogens (primary N) is 1. The minimum Gasteiger partial charge on any atom is -0.347 e. The van der Waals surface area contributed by atoms with E-state index >= 15 is 0 Å². The highest BCUT2D eigenvalue weighted by Crippen LogP contribution is 2.23. The lowest BCUT2D eigenvalue weighted by molar-refractivity contribution is 0.418. The number of aromatic nitrogens is 1. The zero-order valence-electron chi connectivity index (χ0n) is 13.1. The summed E-state index contributed by atoms with van der Waals surface area (Å²) < 4.78 is 2.31. The number of hydrogen-bond acceptors (Lipinski definition) is 2. The largest absolute Gasteiger partial charge is 0.347 e. The van der Waals surface area contributed by atoms with Crippen LogP contribution >= 0.6 is 0 Å². The maximum absolute atomic E-state index is 9.03. The van der Waals surface area contributed by atoms with Crippen LogP contribution in [-0.4, -0.2) is 11.1 Å². The van der Waals surface area contributed by atoms with E-state index in [4.69, 9.17) is 11.0 Å². The zero-order chi connectivity index (χ0) is 15.3. The van der Waals surface area contributed by atoms with Gasteiger partial charge in [-0.05, 0) is 62.7 Å². The molecule has 0 atom stereocenters. The average Bonchev–Trinajstić information content (AvgIpc) is 2.87. The quantitative estimate of drug-likeness (QED) is 0.784. The number of nitriles is 1. The van der Waals surface area contributed by atoms with Crippen LogP contribution in [0, 0.1) is 16.7 Å². The lowest BCUT2D eigenvalue weighted by Gasteiger charge is -2.14. The van der Waals surface area contributed by atoms with Gasteiger partial charge in [0.2, 0.25) is 0 Å². The van der Waals surface area contributed by atoms with Gasteiger partial charge in [0.1, 0.15) is 0 Å². The molecule has 2 N–H and O–H groups in total. The van der Waals surface area contributed by atoms with Crippen molar-refractivity contribution in [3.05, 3.63) is 36.0 Å². The minimum atomic E-state index is -0.201. The summed E-state index contributed by atoms with van der Waals surface area (Å²) in [6, 6.07) is 11.1. The highest BCUT2D eigenvalue weighted by molar-refractivity contribution is 5.80. The van der Waals surface area contributed by atoms with Gasteiger partial charge in [-0.2, -0.15) is 5.26 Å². The molecule has 2 aromatic rings. The summed E-state index contributed by atoms with van der Waals surface area (Å²) >= 11 is 0. The molecule has 112 valence electrons. The van der Waals surface area contributed by atoms with E-state index in [9.17, 15) is 0 Å². The Bertz CT molecular complexity index is 631. The van der Waals surface area contributed by atoms with E-state index in [0.29, 0.717) is 6.54 Å². The molecule has 3 nitrogen and oxygen atoms in total. The lowest BCUT2D eigenvalue weighted by atomic mass is 9.89. The van der Waals surface area contributed by atoms with Gasteiger partial charge in [0, 0.05) is 18.3 Å². The lowest BCUT2D eigenvalue weighted by Crippen LogP contribution is -2.08. The molecule has 0 aliphatic rings. The normalized spacial score (nSPS) is 11.7. The van der Waals surface area contributed by atoms with Gasteiger partial charge in [-0.15, -0.1) is 0 Å². The van der Waals surface area contributed by atoms with Crippen molar-refractivity contribution in [2.24, 2.45) is 11.1 Å². The number of fused-ring (bicyclic) bond motifs is 1. The van der Waals surface area contributed by atoms with Crippen LogP contribution < -0.4 is 5.73 Å². The van der Waals surface area contributed by atoms with Crippen LogP contribution in [0.2, 0.25) is 0 Å². The molecule has 0 amide bonds. The second kappa shape index (κ2) is 6.78. The van der Waals surface area contributed by atoms with Crippen LogP contribution in [0.3, 0.4) is 0 Å². The first kappa shape index (κ1) is 15.6. The summed E-state index contributed by atoms with van der Waals surface area (Å²) in [5, 5.41) is 10.3. The van der Waals surface area contributed by atoms with Crippen molar-refractivity contribution in [2.45, 2.75) is 46.1 Å². The standard InChI is InChI=1S/C18H25N3/c1-18(2,14-20)9-3-4-11-21-12-8-16-6-5-15(7-10-19)13-17(16)21/h5-6,8,12-13H,3-4,7,9-11,19H2,1-2H3. The van der Waals surface area contributed by atoms with Gasteiger partial charge < -0.3 is 10.3 Å². The summed E-state index contributed by atoms with van der Waals surface area (Å²) in [4.78, 5) is 0. The van der Waals surface area contributed by atoms with Crippen molar-refractivity contribution in [3.8, 4) is 6.07 Å². The van der Waals surface area contributed by atoms with E-state index < -0.39 is 0 Å². The highest BCUT2D eigenvalue weighted by atomic mass is 14.9. The second-order valence-corrected chi connectivity index (χ2v) is 6.39. The Hall–Kier alpha value is -1.79. The van der Waals surface area contributed by atoms with E-state index in [0.717, 1.165) is 32.2 Å². The van der Waals surface area contributed by atoms with Crippen LogP contribution in [0.25, 0.3) is 10.9 Å². The first-order valence-electron chi connectivity index (χ1n) is 7.75. The number of unbranched alkanes of at least 4 members (excludes halogenated alkanes) is 1. The molecular formula is C18H25N3.